The molecule has 0 amide bonds. The molecular formula is C18H18N6. The third kappa shape index (κ3) is 2.42. The Hall–Kier alpha value is -3.15. The molecule has 120 valence electrons. The molecule has 0 saturated carbocycles. The number of fused-ring (bicyclic) bond motifs is 1. The molecule has 0 atom stereocenters. The number of nitrogens with zero attached hydrogens (tertiary/aromatic N) is 5. The lowest BCUT2D eigenvalue weighted by Gasteiger charge is -2.09. The third-order valence-corrected chi connectivity index (χ3v) is 4.28. The largest absolute Gasteiger partial charge is 0.384 e. The summed E-state index contributed by atoms with van der Waals surface area (Å²) in [5.74, 6) is 2.38. The van der Waals surface area contributed by atoms with Crippen molar-refractivity contribution in [3.63, 3.8) is 0 Å². The van der Waals surface area contributed by atoms with E-state index in [-0.39, 0.29) is 0 Å². The van der Waals surface area contributed by atoms with Gasteiger partial charge in [-0.25, -0.2) is 15.0 Å². The van der Waals surface area contributed by atoms with E-state index < -0.39 is 0 Å². The lowest BCUT2D eigenvalue weighted by atomic mass is 10.2. The van der Waals surface area contributed by atoms with Gasteiger partial charge in [0.25, 0.3) is 0 Å². The van der Waals surface area contributed by atoms with Gasteiger partial charge in [-0.3, -0.25) is 0 Å². The highest BCUT2D eigenvalue weighted by Gasteiger charge is 2.09. The summed E-state index contributed by atoms with van der Waals surface area (Å²) in [6.07, 6.45) is 5.47. The Bertz CT molecular complexity index is 1030. The van der Waals surface area contributed by atoms with E-state index in [4.69, 9.17) is 5.73 Å². The molecule has 0 aliphatic heterocycles. The second-order valence-corrected chi connectivity index (χ2v) is 5.89. The molecule has 6 heteroatoms. The van der Waals surface area contributed by atoms with Crippen LogP contribution in [0.15, 0.2) is 48.9 Å². The van der Waals surface area contributed by atoms with Gasteiger partial charge in [0.05, 0.1) is 11.0 Å². The van der Waals surface area contributed by atoms with Gasteiger partial charge in [0, 0.05) is 37.7 Å². The summed E-state index contributed by atoms with van der Waals surface area (Å²) in [5.41, 5.74) is 10.1. The van der Waals surface area contributed by atoms with Gasteiger partial charge in [-0.1, -0.05) is 6.07 Å². The minimum Gasteiger partial charge on any atom is -0.384 e. The molecule has 6 nitrogen and oxygen atoms in total. The van der Waals surface area contributed by atoms with Crippen molar-refractivity contribution < 1.29 is 0 Å². The molecular weight excluding hydrogens is 300 g/mol. The van der Waals surface area contributed by atoms with Gasteiger partial charge >= 0.3 is 0 Å². The first-order valence-corrected chi connectivity index (χ1v) is 7.77. The number of benzene rings is 1. The Morgan fingerprint density at radius 3 is 2.79 bits per heavy atom. The molecule has 2 N–H and O–H groups in total. The molecule has 3 heterocycles. The number of pyridine rings is 1. The summed E-state index contributed by atoms with van der Waals surface area (Å²) in [7, 11) is 2.03. The van der Waals surface area contributed by atoms with Gasteiger partial charge in [0.15, 0.2) is 0 Å². The predicted octanol–water partition coefficient (Wildman–Crippen LogP) is 2.77. The van der Waals surface area contributed by atoms with E-state index in [1.165, 1.54) is 5.56 Å². The van der Waals surface area contributed by atoms with Gasteiger partial charge in [0.1, 0.15) is 17.5 Å². The summed E-state index contributed by atoms with van der Waals surface area (Å²) in [5, 5.41) is 0. The van der Waals surface area contributed by atoms with E-state index in [9.17, 15) is 0 Å². The quantitative estimate of drug-likeness (QED) is 0.630. The second kappa shape index (κ2) is 5.49. The fourth-order valence-electron chi connectivity index (χ4n) is 2.95. The van der Waals surface area contributed by atoms with Gasteiger partial charge in [-0.2, -0.15) is 0 Å². The van der Waals surface area contributed by atoms with Crippen molar-refractivity contribution in [3.05, 3.63) is 60.3 Å². The number of aromatic nitrogens is 5. The van der Waals surface area contributed by atoms with Crippen LogP contribution in [0.4, 0.5) is 5.82 Å². The monoisotopic (exact) mass is 318 g/mol. The zero-order valence-corrected chi connectivity index (χ0v) is 13.6. The molecule has 0 saturated heterocycles. The molecule has 0 aliphatic carbocycles. The number of hydrogen-bond acceptors (Lipinski definition) is 4. The van der Waals surface area contributed by atoms with E-state index in [1.54, 1.807) is 12.4 Å². The Labute approximate surface area is 139 Å². The van der Waals surface area contributed by atoms with Crippen molar-refractivity contribution in [3.8, 4) is 11.4 Å². The molecule has 0 radical (unpaired) electrons. The van der Waals surface area contributed by atoms with Crippen molar-refractivity contribution in [2.45, 2.75) is 13.5 Å². The molecule has 0 bridgehead atoms. The normalized spacial score (nSPS) is 11.2. The molecule has 4 aromatic rings. The second-order valence-electron chi connectivity index (χ2n) is 5.89. The number of imidazole rings is 2. The lowest BCUT2D eigenvalue weighted by molar-refractivity contribution is 0.807. The summed E-state index contributed by atoms with van der Waals surface area (Å²) in [6, 6.07) is 10.1. The molecule has 0 fully saturated rings. The molecule has 4 rings (SSSR count). The van der Waals surface area contributed by atoms with Crippen LogP contribution in [0.5, 0.6) is 0 Å². The van der Waals surface area contributed by atoms with Crippen LogP contribution in [0.1, 0.15) is 11.4 Å². The van der Waals surface area contributed by atoms with Crippen LogP contribution in [0, 0.1) is 6.92 Å². The van der Waals surface area contributed by atoms with Gasteiger partial charge in [-0.05, 0) is 36.8 Å². The first-order valence-electron chi connectivity index (χ1n) is 7.77. The minimum atomic E-state index is 0.493. The molecule has 1 aromatic carbocycles. The van der Waals surface area contributed by atoms with Crippen molar-refractivity contribution in [2.75, 3.05) is 5.73 Å². The van der Waals surface area contributed by atoms with Crippen molar-refractivity contribution in [1.29, 1.82) is 0 Å². The van der Waals surface area contributed by atoms with E-state index in [0.717, 1.165) is 34.8 Å². The maximum absolute atomic E-state index is 5.79. The Balaban J connectivity index is 1.70. The molecule has 0 aliphatic rings. The Morgan fingerprint density at radius 1 is 1.08 bits per heavy atom. The minimum absolute atomic E-state index is 0.493. The van der Waals surface area contributed by atoms with Crippen LogP contribution in [0.2, 0.25) is 0 Å². The Morgan fingerprint density at radius 2 is 1.96 bits per heavy atom. The highest BCUT2D eigenvalue weighted by atomic mass is 15.1. The summed E-state index contributed by atoms with van der Waals surface area (Å²) in [4.78, 5) is 13.1. The maximum Gasteiger partial charge on any atom is 0.140 e. The van der Waals surface area contributed by atoms with Crippen molar-refractivity contribution in [2.24, 2.45) is 7.05 Å². The van der Waals surface area contributed by atoms with E-state index >= 15 is 0 Å². The summed E-state index contributed by atoms with van der Waals surface area (Å²) in [6.45, 7) is 2.74. The number of nitrogen functional groups attached to an aromatic ring is 1. The van der Waals surface area contributed by atoms with E-state index in [2.05, 4.69) is 42.3 Å². The molecule has 24 heavy (non-hydrogen) atoms. The van der Waals surface area contributed by atoms with Crippen LogP contribution < -0.4 is 5.73 Å². The van der Waals surface area contributed by atoms with Gasteiger partial charge < -0.3 is 14.9 Å². The first-order chi connectivity index (χ1) is 11.6. The average Bonchev–Trinajstić information content (AvgIpc) is 3.13. The predicted molar refractivity (Wildman–Crippen MR) is 94.4 cm³/mol. The fraction of sp³-hybridized carbons (Fsp3) is 0.167. The number of nitrogens with two attached hydrogens (primary N) is 1. The maximum atomic E-state index is 5.79. The number of anilines is 1. The molecule has 0 unspecified atom stereocenters. The van der Waals surface area contributed by atoms with Gasteiger partial charge in [-0.15, -0.1) is 0 Å². The highest BCUT2D eigenvalue weighted by Crippen LogP contribution is 2.21. The molecule has 0 spiro atoms. The first kappa shape index (κ1) is 14.4. The van der Waals surface area contributed by atoms with Crippen LogP contribution in [0.25, 0.3) is 22.4 Å². The number of rotatable bonds is 3. The van der Waals surface area contributed by atoms with Crippen LogP contribution in [-0.4, -0.2) is 24.1 Å². The molecule has 3 aromatic heterocycles. The van der Waals surface area contributed by atoms with Crippen LogP contribution >= 0.6 is 0 Å². The zero-order valence-electron chi connectivity index (χ0n) is 13.6. The fourth-order valence-corrected chi connectivity index (χ4v) is 2.95. The van der Waals surface area contributed by atoms with Crippen molar-refractivity contribution in [1.82, 2.24) is 24.1 Å². The van der Waals surface area contributed by atoms with Crippen molar-refractivity contribution >= 4 is 16.9 Å². The summed E-state index contributed by atoms with van der Waals surface area (Å²) >= 11 is 0. The standard InChI is InChI=1S/C18H18N6/c1-12-22-15-9-13(3-4-16(15)23(12)2)11-24-8-7-21-18(24)14-5-6-20-17(19)10-14/h3-10H,11H2,1-2H3,(H2,19,20). The lowest BCUT2D eigenvalue weighted by Crippen LogP contribution is -2.02. The number of aryl methyl sites for hydroxylation is 2. The smallest absolute Gasteiger partial charge is 0.140 e. The zero-order chi connectivity index (χ0) is 16.7. The highest BCUT2D eigenvalue weighted by molar-refractivity contribution is 5.76. The third-order valence-electron chi connectivity index (χ3n) is 4.28. The number of hydrogen-bond donors (Lipinski definition) is 1. The van der Waals surface area contributed by atoms with E-state index in [1.807, 2.05) is 32.3 Å². The average molecular weight is 318 g/mol. The topological polar surface area (TPSA) is 74.6 Å². The van der Waals surface area contributed by atoms with Crippen LogP contribution in [-0.2, 0) is 13.6 Å². The SMILES string of the molecule is Cc1nc2cc(Cn3ccnc3-c3ccnc(N)c3)ccc2n1C. The Kier molecular flexibility index (Phi) is 3.30. The van der Waals surface area contributed by atoms with Crippen LogP contribution in [0.3, 0.4) is 0 Å². The van der Waals surface area contributed by atoms with E-state index in [0.29, 0.717) is 5.82 Å². The van der Waals surface area contributed by atoms with Gasteiger partial charge in [0.2, 0.25) is 0 Å². The summed E-state index contributed by atoms with van der Waals surface area (Å²) < 4.78 is 4.20.